The van der Waals surface area contributed by atoms with Crippen molar-refractivity contribution < 1.29 is 14.6 Å². The van der Waals surface area contributed by atoms with Crippen molar-refractivity contribution in [2.75, 3.05) is 6.61 Å². The first-order valence-corrected chi connectivity index (χ1v) is 5.52. The smallest absolute Gasteiger partial charge is 0.312 e. The highest BCUT2D eigenvalue weighted by molar-refractivity contribution is 5.73. The fourth-order valence-electron chi connectivity index (χ4n) is 1.33. The SMILES string of the molecule is Cc1ccc(OCC(C)(C)C(=O)O)c(CN)c1. The lowest BCUT2D eigenvalue weighted by Crippen LogP contribution is -2.30. The average molecular weight is 237 g/mol. The number of carboxylic acid groups (broad SMARTS) is 1. The number of hydrogen-bond donors (Lipinski definition) is 2. The highest BCUT2D eigenvalue weighted by Crippen LogP contribution is 2.23. The van der Waals surface area contributed by atoms with Crippen LogP contribution < -0.4 is 10.5 Å². The summed E-state index contributed by atoms with van der Waals surface area (Å²) in [5.74, 6) is -0.216. The third kappa shape index (κ3) is 3.46. The topological polar surface area (TPSA) is 72.5 Å². The summed E-state index contributed by atoms with van der Waals surface area (Å²) in [5.41, 5.74) is 6.72. The average Bonchev–Trinajstić information content (AvgIpc) is 2.27. The minimum atomic E-state index is -0.906. The molecule has 0 aliphatic heterocycles. The van der Waals surface area contributed by atoms with Crippen LogP contribution in [0.15, 0.2) is 18.2 Å². The molecule has 1 aromatic rings. The minimum absolute atomic E-state index is 0.123. The third-order valence-corrected chi connectivity index (χ3v) is 2.60. The fourth-order valence-corrected chi connectivity index (χ4v) is 1.33. The van der Waals surface area contributed by atoms with Gasteiger partial charge in [0.2, 0.25) is 0 Å². The quantitative estimate of drug-likeness (QED) is 0.821. The van der Waals surface area contributed by atoms with E-state index in [1.54, 1.807) is 13.8 Å². The molecule has 0 bridgehead atoms. The molecular weight excluding hydrogens is 218 g/mol. The van der Waals surface area contributed by atoms with Crippen LogP contribution in [-0.4, -0.2) is 17.7 Å². The zero-order valence-electron chi connectivity index (χ0n) is 10.5. The van der Waals surface area contributed by atoms with Gasteiger partial charge in [0, 0.05) is 12.1 Å². The molecule has 17 heavy (non-hydrogen) atoms. The van der Waals surface area contributed by atoms with Crippen molar-refractivity contribution >= 4 is 5.97 Å². The highest BCUT2D eigenvalue weighted by atomic mass is 16.5. The van der Waals surface area contributed by atoms with Crippen LogP contribution in [0.2, 0.25) is 0 Å². The normalized spacial score (nSPS) is 11.3. The van der Waals surface area contributed by atoms with Gasteiger partial charge in [0.25, 0.3) is 0 Å². The Labute approximate surface area is 101 Å². The van der Waals surface area contributed by atoms with Gasteiger partial charge in [-0.2, -0.15) is 0 Å². The van der Waals surface area contributed by atoms with Gasteiger partial charge in [-0.05, 0) is 26.8 Å². The van der Waals surface area contributed by atoms with Crippen LogP contribution in [0, 0.1) is 12.3 Å². The van der Waals surface area contributed by atoms with Crippen LogP contribution >= 0.6 is 0 Å². The number of nitrogens with two attached hydrogens (primary N) is 1. The molecule has 3 N–H and O–H groups in total. The van der Waals surface area contributed by atoms with Crippen LogP contribution in [0.5, 0.6) is 5.75 Å². The van der Waals surface area contributed by atoms with Crippen molar-refractivity contribution in [2.45, 2.75) is 27.3 Å². The molecule has 0 aliphatic rings. The van der Waals surface area contributed by atoms with Crippen molar-refractivity contribution in [3.05, 3.63) is 29.3 Å². The van der Waals surface area contributed by atoms with Crippen molar-refractivity contribution in [3.63, 3.8) is 0 Å². The summed E-state index contributed by atoms with van der Waals surface area (Å²) in [5, 5.41) is 8.99. The molecule has 0 aliphatic carbocycles. The number of rotatable bonds is 5. The van der Waals surface area contributed by atoms with E-state index < -0.39 is 11.4 Å². The van der Waals surface area contributed by atoms with E-state index in [1.165, 1.54) is 0 Å². The first-order chi connectivity index (χ1) is 7.86. The second kappa shape index (κ2) is 5.19. The Bertz CT molecular complexity index is 413. The number of hydrogen-bond acceptors (Lipinski definition) is 3. The van der Waals surface area contributed by atoms with Crippen molar-refractivity contribution in [2.24, 2.45) is 11.1 Å². The van der Waals surface area contributed by atoms with E-state index >= 15 is 0 Å². The van der Waals surface area contributed by atoms with E-state index in [4.69, 9.17) is 15.6 Å². The number of aryl methyl sites for hydroxylation is 1. The highest BCUT2D eigenvalue weighted by Gasteiger charge is 2.28. The first kappa shape index (κ1) is 13.5. The van der Waals surface area contributed by atoms with Crippen molar-refractivity contribution in [1.82, 2.24) is 0 Å². The van der Waals surface area contributed by atoms with Gasteiger partial charge in [-0.3, -0.25) is 4.79 Å². The molecule has 0 amide bonds. The van der Waals surface area contributed by atoms with E-state index in [0.717, 1.165) is 11.1 Å². The number of ether oxygens (including phenoxy) is 1. The van der Waals surface area contributed by atoms with Gasteiger partial charge >= 0.3 is 5.97 Å². The third-order valence-electron chi connectivity index (χ3n) is 2.60. The Morgan fingerprint density at radius 1 is 1.47 bits per heavy atom. The molecule has 0 atom stereocenters. The molecule has 0 aromatic heterocycles. The van der Waals surface area contributed by atoms with Gasteiger partial charge < -0.3 is 15.6 Å². The molecule has 0 fully saturated rings. The summed E-state index contributed by atoms with van der Waals surface area (Å²) in [4.78, 5) is 10.9. The second-order valence-corrected chi connectivity index (χ2v) is 4.79. The Hall–Kier alpha value is -1.55. The van der Waals surface area contributed by atoms with E-state index in [-0.39, 0.29) is 6.61 Å². The molecule has 0 saturated heterocycles. The predicted molar refractivity (Wildman–Crippen MR) is 66.0 cm³/mol. The summed E-state index contributed by atoms with van der Waals surface area (Å²) in [7, 11) is 0. The number of carboxylic acids is 1. The molecule has 0 heterocycles. The van der Waals surface area contributed by atoms with Crippen LogP contribution in [0.25, 0.3) is 0 Å². The first-order valence-electron chi connectivity index (χ1n) is 5.52. The molecule has 1 aromatic carbocycles. The maximum atomic E-state index is 10.9. The Kier molecular flexibility index (Phi) is 4.12. The van der Waals surface area contributed by atoms with Gasteiger partial charge in [-0.1, -0.05) is 17.7 Å². The molecule has 0 saturated carbocycles. The van der Waals surface area contributed by atoms with Crippen LogP contribution in [-0.2, 0) is 11.3 Å². The summed E-state index contributed by atoms with van der Waals surface area (Å²) >= 11 is 0. The van der Waals surface area contributed by atoms with Gasteiger partial charge in [-0.15, -0.1) is 0 Å². The molecule has 0 spiro atoms. The molecule has 4 nitrogen and oxygen atoms in total. The molecule has 0 unspecified atom stereocenters. The maximum absolute atomic E-state index is 10.9. The van der Waals surface area contributed by atoms with Crippen LogP contribution in [0.1, 0.15) is 25.0 Å². The van der Waals surface area contributed by atoms with Crippen LogP contribution in [0.4, 0.5) is 0 Å². The maximum Gasteiger partial charge on any atom is 0.312 e. The van der Waals surface area contributed by atoms with E-state index in [9.17, 15) is 4.79 Å². The predicted octanol–water partition coefficient (Wildman–Crippen LogP) is 1.94. The summed E-state index contributed by atoms with van der Waals surface area (Å²) in [6.07, 6.45) is 0. The summed E-state index contributed by atoms with van der Waals surface area (Å²) in [6.45, 7) is 5.74. The van der Waals surface area contributed by atoms with Gasteiger partial charge in [-0.25, -0.2) is 0 Å². The standard InChI is InChI=1S/C13H19NO3/c1-9-4-5-11(10(6-9)7-14)17-8-13(2,3)12(15)16/h4-6H,7-8,14H2,1-3H3,(H,15,16). The Morgan fingerprint density at radius 2 is 2.12 bits per heavy atom. The largest absolute Gasteiger partial charge is 0.492 e. The van der Waals surface area contributed by atoms with E-state index in [1.807, 2.05) is 25.1 Å². The Balaban J connectivity index is 2.79. The molecule has 0 radical (unpaired) electrons. The van der Waals surface area contributed by atoms with Crippen molar-refractivity contribution in [1.29, 1.82) is 0 Å². The minimum Gasteiger partial charge on any atom is -0.492 e. The van der Waals surface area contributed by atoms with Gasteiger partial charge in [0.05, 0.1) is 5.41 Å². The lowest BCUT2D eigenvalue weighted by molar-refractivity contribution is -0.148. The van der Waals surface area contributed by atoms with E-state index in [0.29, 0.717) is 12.3 Å². The summed E-state index contributed by atoms with van der Waals surface area (Å²) in [6, 6.07) is 5.70. The fraction of sp³-hybridized carbons (Fsp3) is 0.462. The zero-order valence-corrected chi connectivity index (χ0v) is 10.5. The second-order valence-electron chi connectivity index (χ2n) is 4.79. The molecule has 1 rings (SSSR count). The lowest BCUT2D eigenvalue weighted by atomic mass is 9.95. The summed E-state index contributed by atoms with van der Waals surface area (Å²) < 4.78 is 5.55. The van der Waals surface area contributed by atoms with Gasteiger partial charge in [0.1, 0.15) is 12.4 Å². The molecule has 94 valence electrons. The van der Waals surface area contributed by atoms with Gasteiger partial charge in [0.15, 0.2) is 0 Å². The number of aliphatic carboxylic acids is 1. The number of carbonyl (C=O) groups is 1. The van der Waals surface area contributed by atoms with Crippen LogP contribution in [0.3, 0.4) is 0 Å². The Morgan fingerprint density at radius 3 is 2.65 bits per heavy atom. The monoisotopic (exact) mass is 237 g/mol. The van der Waals surface area contributed by atoms with E-state index in [2.05, 4.69) is 0 Å². The zero-order chi connectivity index (χ0) is 13.1. The molecule has 4 heteroatoms. The van der Waals surface area contributed by atoms with Crippen molar-refractivity contribution in [3.8, 4) is 5.75 Å². The number of benzene rings is 1. The molecular formula is C13H19NO3. The lowest BCUT2D eigenvalue weighted by Gasteiger charge is -2.20.